The third-order valence-corrected chi connectivity index (χ3v) is 1.60. The lowest BCUT2D eigenvalue weighted by molar-refractivity contribution is -0.237. The van der Waals surface area contributed by atoms with E-state index in [-0.39, 0.29) is 6.61 Å². The molecule has 0 aliphatic rings. The third kappa shape index (κ3) is 3.16. The predicted octanol–water partition coefficient (Wildman–Crippen LogP) is 0.00430. The highest BCUT2D eigenvalue weighted by molar-refractivity contribution is 4.67. The van der Waals surface area contributed by atoms with Crippen molar-refractivity contribution in [2.45, 2.75) is 12.2 Å². The molecule has 0 fully saturated rings. The molecule has 0 saturated heterocycles. The standard InChI is InChI=1S/C7H16O4/c1-9-6-7(10-2,11-3)4-5-8/h8H,4-6H2,1-3H3. The Labute approximate surface area is 67.1 Å². The largest absolute Gasteiger partial charge is 0.396 e. The fourth-order valence-electron chi connectivity index (χ4n) is 0.868. The minimum Gasteiger partial charge on any atom is -0.396 e. The summed E-state index contributed by atoms with van der Waals surface area (Å²) in [6, 6.07) is 0. The van der Waals surface area contributed by atoms with Crippen LogP contribution in [0.2, 0.25) is 0 Å². The molecule has 0 spiro atoms. The summed E-state index contributed by atoms with van der Waals surface area (Å²) in [5.41, 5.74) is 0. The van der Waals surface area contributed by atoms with Gasteiger partial charge < -0.3 is 19.3 Å². The minimum absolute atomic E-state index is 0.0189. The van der Waals surface area contributed by atoms with Gasteiger partial charge in [0.25, 0.3) is 0 Å². The second-order valence-electron chi connectivity index (χ2n) is 2.23. The van der Waals surface area contributed by atoms with Crippen LogP contribution in [0.25, 0.3) is 0 Å². The summed E-state index contributed by atoms with van der Waals surface area (Å²) < 4.78 is 15.0. The molecule has 1 N–H and O–H groups in total. The Morgan fingerprint density at radius 3 is 2.00 bits per heavy atom. The van der Waals surface area contributed by atoms with Crippen molar-refractivity contribution in [3.8, 4) is 0 Å². The molecule has 0 unspecified atom stereocenters. The quantitative estimate of drug-likeness (QED) is 0.561. The van der Waals surface area contributed by atoms with Gasteiger partial charge in [0.05, 0.1) is 0 Å². The summed E-state index contributed by atoms with van der Waals surface area (Å²) >= 11 is 0. The maximum Gasteiger partial charge on any atom is 0.193 e. The van der Waals surface area contributed by atoms with Crippen molar-refractivity contribution < 1.29 is 19.3 Å². The van der Waals surface area contributed by atoms with Crippen molar-refractivity contribution in [1.82, 2.24) is 0 Å². The maximum atomic E-state index is 8.68. The Morgan fingerprint density at radius 1 is 1.18 bits per heavy atom. The van der Waals surface area contributed by atoms with Crippen LogP contribution in [-0.2, 0) is 14.2 Å². The summed E-state index contributed by atoms with van der Waals surface area (Å²) in [4.78, 5) is 0. The molecule has 0 atom stereocenters. The summed E-state index contributed by atoms with van der Waals surface area (Å²) in [5.74, 6) is -0.788. The lowest BCUT2D eigenvalue weighted by atomic mass is 10.2. The Morgan fingerprint density at radius 2 is 1.73 bits per heavy atom. The summed E-state index contributed by atoms with van der Waals surface area (Å²) in [6.07, 6.45) is 0.411. The van der Waals surface area contributed by atoms with Crippen molar-refractivity contribution in [3.05, 3.63) is 0 Å². The van der Waals surface area contributed by atoms with Crippen LogP contribution in [-0.4, -0.2) is 45.4 Å². The Bertz CT molecular complexity index is 82.4. The number of rotatable bonds is 6. The number of hydrogen-bond donors (Lipinski definition) is 1. The lowest BCUT2D eigenvalue weighted by Gasteiger charge is -2.29. The molecule has 0 rings (SSSR count). The van der Waals surface area contributed by atoms with Crippen LogP contribution in [0.5, 0.6) is 0 Å². The van der Waals surface area contributed by atoms with E-state index >= 15 is 0 Å². The van der Waals surface area contributed by atoms with Crippen LogP contribution in [0.4, 0.5) is 0 Å². The van der Waals surface area contributed by atoms with Crippen LogP contribution in [0.15, 0.2) is 0 Å². The van der Waals surface area contributed by atoms with Crippen LogP contribution in [0.3, 0.4) is 0 Å². The molecule has 0 saturated carbocycles. The van der Waals surface area contributed by atoms with E-state index < -0.39 is 5.79 Å². The second-order valence-corrected chi connectivity index (χ2v) is 2.23. The fourth-order valence-corrected chi connectivity index (χ4v) is 0.868. The molecule has 4 heteroatoms. The summed E-state index contributed by atoms with van der Waals surface area (Å²) in [5, 5.41) is 8.68. The molecular weight excluding hydrogens is 148 g/mol. The average molecular weight is 164 g/mol. The van der Waals surface area contributed by atoms with Gasteiger partial charge in [0.1, 0.15) is 6.61 Å². The summed E-state index contributed by atoms with van der Waals surface area (Å²) in [7, 11) is 4.61. The van der Waals surface area contributed by atoms with E-state index in [0.717, 1.165) is 0 Å². The highest BCUT2D eigenvalue weighted by Crippen LogP contribution is 2.15. The number of aliphatic hydroxyl groups is 1. The average Bonchev–Trinajstić information content (AvgIpc) is 2.04. The molecule has 0 radical (unpaired) electrons. The van der Waals surface area contributed by atoms with E-state index in [0.29, 0.717) is 13.0 Å². The highest BCUT2D eigenvalue weighted by atomic mass is 16.7. The molecule has 0 aromatic carbocycles. The monoisotopic (exact) mass is 164 g/mol. The first-order valence-corrected chi connectivity index (χ1v) is 3.45. The first-order chi connectivity index (χ1) is 5.24. The van der Waals surface area contributed by atoms with Gasteiger partial charge >= 0.3 is 0 Å². The highest BCUT2D eigenvalue weighted by Gasteiger charge is 2.28. The zero-order valence-electron chi connectivity index (χ0n) is 7.29. The third-order valence-electron chi connectivity index (χ3n) is 1.60. The zero-order valence-corrected chi connectivity index (χ0v) is 7.29. The van der Waals surface area contributed by atoms with Gasteiger partial charge in [-0.25, -0.2) is 0 Å². The molecule has 0 heterocycles. The van der Waals surface area contributed by atoms with E-state index in [1.54, 1.807) is 7.11 Å². The Balaban J connectivity index is 3.96. The first kappa shape index (κ1) is 10.8. The molecule has 0 aliphatic heterocycles. The van der Waals surface area contributed by atoms with Crippen LogP contribution in [0, 0.1) is 0 Å². The van der Waals surface area contributed by atoms with E-state index in [4.69, 9.17) is 19.3 Å². The number of aliphatic hydroxyl groups excluding tert-OH is 1. The molecule has 0 aliphatic carbocycles. The van der Waals surface area contributed by atoms with Gasteiger partial charge in [-0.15, -0.1) is 0 Å². The van der Waals surface area contributed by atoms with E-state index in [9.17, 15) is 0 Å². The van der Waals surface area contributed by atoms with Gasteiger partial charge in [-0.05, 0) is 0 Å². The molecule has 68 valence electrons. The normalized spacial score (nSPS) is 12.0. The van der Waals surface area contributed by atoms with Gasteiger partial charge in [-0.2, -0.15) is 0 Å². The lowest BCUT2D eigenvalue weighted by Crippen LogP contribution is -2.39. The number of methoxy groups -OCH3 is 3. The molecule has 11 heavy (non-hydrogen) atoms. The van der Waals surface area contributed by atoms with Gasteiger partial charge in [0.2, 0.25) is 0 Å². The molecule has 4 nitrogen and oxygen atoms in total. The molecular formula is C7H16O4. The summed E-state index contributed by atoms with van der Waals surface area (Å²) in [6.45, 7) is 0.339. The van der Waals surface area contributed by atoms with Crippen LogP contribution >= 0.6 is 0 Å². The van der Waals surface area contributed by atoms with Gasteiger partial charge in [-0.3, -0.25) is 0 Å². The smallest absolute Gasteiger partial charge is 0.193 e. The SMILES string of the molecule is COCC(CCO)(OC)OC. The van der Waals surface area contributed by atoms with Crippen molar-refractivity contribution >= 4 is 0 Å². The second kappa shape index (κ2) is 5.49. The van der Waals surface area contributed by atoms with E-state index in [2.05, 4.69) is 0 Å². The van der Waals surface area contributed by atoms with Crippen molar-refractivity contribution in [3.63, 3.8) is 0 Å². The predicted molar refractivity (Wildman–Crippen MR) is 40.3 cm³/mol. The fraction of sp³-hybridized carbons (Fsp3) is 1.00. The van der Waals surface area contributed by atoms with E-state index in [1.165, 1.54) is 14.2 Å². The van der Waals surface area contributed by atoms with Gasteiger partial charge in [0.15, 0.2) is 5.79 Å². The minimum atomic E-state index is -0.788. The Hall–Kier alpha value is -0.160. The molecule has 0 aromatic heterocycles. The van der Waals surface area contributed by atoms with Crippen LogP contribution < -0.4 is 0 Å². The first-order valence-electron chi connectivity index (χ1n) is 3.45. The van der Waals surface area contributed by atoms with Crippen molar-refractivity contribution in [2.24, 2.45) is 0 Å². The Kier molecular flexibility index (Phi) is 5.41. The number of ether oxygens (including phenoxy) is 3. The topological polar surface area (TPSA) is 47.9 Å². The zero-order chi connectivity index (χ0) is 8.74. The molecule has 0 bridgehead atoms. The van der Waals surface area contributed by atoms with Gasteiger partial charge in [-0.1, -0.05) is 0 Å². The molecule has 0 amide bonds. The van der Waals surface area contributed by atoms with E-state index in [1.807, 2.05) is 0 Å². The maximum absolute atomic E-state index is 8.68. The number of hydrogen-bond acceptors (Lipinski definition) is 4. The molecule has 0 aromatic rings. The van der Waals surface area contributed by atoms with Crippen LogP contribution in [0.1, 0.15) is 6.42 Å². The van der Waals surface area contributed by atoms with Crippen molar-refractivity contribution in [1.29, 1.82) is 0 Å². The van der Waals surface area contributed by atoms with Gasteiger partial charge in [0, 0.05) is 34.4 Å². The van der Waals surface area contributed by atoms with Crippen molar-refractivity contribution in [2.75, 3.05) is 34.5 Å².